The van der Waals surface area contributed by atoms with Gasteiger partial charge in [0, 0.05) is 5.39 Å². The van der Waals surface area contributed by atoms with Gasteiger partial charge in [-0.2, -0.15) is 5.10 Å². The van der Waals surface area contributed by atoms with Crippen LogP contribution in [0.5, 0.6) is 0 Å². The highest BCUT2D eigenvalue weighted by Crippen LogP contribution is 2.15. The number of carbonyl (C=O) groups excluding carboxylic acids is 1. The van der Waals surface area contributed by atoms with Gasteiger partial charge in [0.15, 0.2) is 18.1 Å². The van der Waals surface area contributed by atoms with Crippen molar-refractivity contribution in [2.24, 2.45) is 0 Å². The molecule has 1 aromatic carbocycles. The van der Waals surface area contributed by atoms with Crippen LogP contribution in [0.2, 0.25) is 0 Å². The van der Waals surface area contributed by atoms with Crippen molar-refractivity contribution >= 4 is 16.9 Å². The molecule has 0 unspecified atom stereocenters. The molecular formula is C13H10N2O5. The van der Waals surface area contributed by atoms with Crippen molar-refractivity contribution in [1.29, 1.82) is 0 Å². The van der Waals surface area contributed by atoms with Crippen LogP contribution in [0, 0.1) is 6.92 Å². The minimum atomic E-state index is -0.812. The molecule has 7 heteroatoms. The van der Waals surface area contributed by atoms with Crippen LogP contribution in [-0.2, 0) is 11.3 Å². The van der Waals surface area contributed by atoms with Crippen LogP contribution < -0.4 is 5.82 Å². The average Bonchev–Trinajstić information content (AvgIpc) is 3.01. The minimum Gasteiger partial charge on any atom is -0.454 e. The maximum atomic E-state index is 11.9. The Hall–Kier alpha value is -2.83. The Balaban J connectivity index is 1.75. The number of ether oxygens (including phenoxy) is 1. The van der Waals surface area contributed by atoms with Gasteiger partial charge in [0.2, 0.25) is 0 Å². The van der Waals surface area contributed by atoms with E-state index in [4.69, 9.17) is 9.15 Å². The summed E-state index contributed by atoms with van der Waals surface area (Å²) in [6.07, 6.45) is 1.62. The highest BCUT2D eigenvalue weighted by molar-refractivity contribution is 5.94. The zero-order valence-electron chi connectivity index (χ0n) is 10.5. The summed E-state index contributed by atoms with van der Waals surface area (Å²) in [5.74, 6) is -0.828. The monoisotopic (exact) mass is 274 g/mol. The van der Waals surface area contributed by atoms with Crippen LogP contribution >= 0.6 is 0 Å². The van der Waals surface area contributed by atoms with Crippen LogP contribution in [0.15, 0.2) is 38.0 Å². The van der Waals surface area contributed by atoms with Crippen molar-refractivity contribution in [3.05, 3.63) is 52.1 Å². The van der Waals surface area contributed by atoms with E-state index in [2.05, 4.69) is 14.6 Å². The van der Waals surface area contributed by atoms with E-state index in [1.54, 1.807) is 31.3 Å². The number of carbonyl (C=O) groups is 1. The fourth-order valence-electron chi connectivity index (χ4n) is 1.79. The molecule has 20 heavy (non-hydrogen) atoms. The fourth-order valence-corrected chi connectivity index (χ4v) is 1.79. The smallest absolute Gasteiger partial charge is 0.454 e. The molecule has 0 bridgehead atoms. The summed E-state index contributed by atoms with van der Waals surface area (Å²) in [5, 5.41) is 7.47. The Kier molecular flexibility index (Phi) is 2.86. The number of aromatic amines is 1. The van der Waals surface area contributed by atoms with Crippen LogP contribution in [0.3, 0.4) is 0 Å². The molecule has 2 heterocycles. The number of nitrogens with one attached hydrogen (secondary N) is 1. The molecule has 0 saturated heterocycles. The normalized spacial score (nSPS) is 10.8. The van der Waals surface area contributed by atoms with Gasteiger partial charge >= 0.3 is 11.8 Å². The molecule has 0 radical (unpaired) electrons. The van der Waals surface area contributed by atoms with Gasteiger partial charge in [0.05, 0.1) is 17.3 Å². The maximum Gasteiger partial charge on any atom is 0.519 e. The van der Waals surface area contributed by atoms with Gasteiger partial charge < -0.3 is 13.6 Å². The lowest BCUT2D eigenvalue weighted by Crippen LogP contribution is -2.05. The molecule has 0 saturated carbocycles. The number of nitrogens with zero attached hydrogens (tertiary/aromatic N) is 1. The lowest BCUT2D eigenvalue weighted by molar-refractivity contribution is 0.0443. The van der Waals surface area contributed by atoms with E-state index in [0.29, 0.717) is 11.3 Å². The number of hydrogen-bond acceptors (Lipinski definition) is 6. The molecule has 0 aliphatic carbocycles. The summed E-state index contributed by atoms with van der Waals surface area (Å²) in [4.78, 5) is 22.8. The molecule has 0 spiro atoms. The molecular weight excluding hydrogens is 264 g/mol. The van der Waals surface area contributed by atoms with E-state index in [1.165, 1.54) is 0 Å². The third-order valence-corrected chi connectivity index (χ3v) is 2.85. The fraction of sp³-hybridized carbons (Fsp3) is 0.154. The number of rotatable bonds is 3. The van der Waals surface area contributed by atoms with Gasteiger partial charge in [0.1, 0.15) is 0 Å². The van der Waals surface area contributed by atoms with Gasteiger partial charge in [-0.25, -0.2) is 9.59 Å². The molecule has 1 N–H and O–H groups in total. The van der Waals surface area contributed by atoms with Crippen molar-refractivity contribution in [3.8, 4) is 0 Å². The van der Waals surface area contributed by atoms with Gasteiger partial charge in [0.25, 0.3) is 0 Å². The zero-order chi connectivity index (χ0) is 14.1. The van der Waals surface area contributed by atoms with Gasteiger partial charge in [-0.15, -0.1) is 0 Å². The predicted octanol–water partition coefficient (Wildman–Crippen LogP) is 1.77. The SMILES string of the molecule is Cc1oc(=O)oc1COC(=O)c1ccc2[nH]ncc2c1. The van der Waals surface area contributed by atoms with Crippen LogP contribution in [0.25, 0.3) is 10.9 Å². The molecule has 7 nitrogen and oxygen atoms in total. The molecule has 2 aromatic heterocycles. The van der Waals surface area contributed by atoms with E-state index in [-0.39, 0.29) is 12.4 Å². The first kappa shape index (κ1) is 12.2. The third-order valence-electron chi connectivity index (χ3n) is 2.85. The first-order chi connectivity index (χ1) is 9.63. The van der Waals surface area contributed by atoms with Crippen molar-refractivity contribution in [2.45, 2.75) is 13.5 Å². The average molecular weight is 274 g/mol. The van der Waals surface area contributed by atoms with Crippen LogP contribution in [-0.4, -0.2) is 16.2 Å². The van der Waals surface area contributed by atoms with E-state index < -0.39 is 11.8 Å². The van der Waals surface area contributed by atoms with E-state index >= 15 is 0 Å². The predicted molar refractivity (Wildman–Crippen MR) is 67.2 cm³/mol. The first-order valence-electron chi connectivity index (χ1n) is 5.83. The lowest BCUT2D eigenvalue weighted by atomic mass is 10.2. The van der Waals surface area contributed by atoms with E-state index in [1.807, 2.05) is 0 Å². The Morgan fingerprint density at radius 2 is 2.25 bits per heavy atom. The van der Waals surface area contributed by atoms with Gasteiger partial charge in [-0.3, -0.25) is 5.10 Å². The Morgan fingerprint density at radius 3 is 3.00 bits per heavy atom. The van der Waals surface area contributed by atoms with Gasteiger partial charge in [-0.1, -0.05) is 0 Å². The summed E-state index contributed by atoms with van der Waals surface area (Å²) < 4.78 is 14.5. The Bertz CT molecular complexity index is 827. The van der Waals surface area contributed by atoms with Crippen molar-refractivity contribution < 1.29 is 18.4 Å². The second-order valence-corrected chi connectivity index (χ2v) is 4.18. The summed E-state index contributed by atoms with van der Waals surface area (Å²) in [5.41, 5.74) is 1.22. The second kappa shape index (κ2) is 4.69. The number of benzene rings is 1. The number of hydrogen-bond donors (Lipinski definition) is 1. The molecule has 0 aliphatic rings. The van der Waals surface area contributed by atoms with Crippen molar-refractivity contribution in [2.75, 3.05) is 0 Å². The standard InChI is InChI=1S/C13H10N2O5/c1-7-11(20-13(17)19-7)6-18-12(16)8-2-3-10-9(4-8)5-14-15-10/h2-5H,6H2,1H3,(H,14,15). The molecule has 0 fully saturated rings. The number of H-pyrrole nitrogens is 1. The minimum absolute atomic E-state index is 0.153. The van der Waals surface area contributed by atoms with Crippen molar-refractivity contribution in [1.82, 2.24) is 10.2 Å². The Morgan fingerprint density at radius 1 is 1.40 bits per heavy atom. The number of esters is 1. The topological polar surface area (TPSA) is 98.3 Å². The molecule has 0 atom stereocenters. The number of aromatic nitrogens is 2. The van der Waals surface area contributed by atoms with Crippen LogP contribution in [0.1, 0.15) is 21.9 Å². The highest BCUT2D eigenvalue weighted by atomic mass is 16.6. The number of fused-ring (bicyclic) bond motifs is 1. The first-order valence-corrected chi connectivity index (χ1v) is 5.83. The zero-order valence-corrected chi connectivity index (χ0v) is 10.5. The molecule has 102 valence electrons. The summed E-state index contributed by atoms with van der Waals surface area (Å²) in [7, 11) is 0. The lowest BCUT2D eigenvalue weighted by Gasteiger charge is -2.02. The molecule has 3 rings (SSSR count). The molecule has 3 aromatic rings. The van der Waals surface area contributed by atoms with Crippen molar-refractivity contribution in [3.63, 3.8) is 0 Å². The summed E-state index contributed by atoms with van der Waals surface area (Å²) in [6.45, 7) is 1.41. The molecule has 0 aliphatic heterocycles. The summed E-state index contributed by atoms with van der Waals surface area (Å²) >= 11 is 0. The summed E-state index contributed by atoms with van der Waals surface area (Å²) in [6, 6.07) is 5.03. The largest absolute Gasteiger partial charge is 0.519 e. The van der Waals surface area contributed by atoms with E-state index in [0.717, 1.165) is 10.9 Å². The quantitative estimate of drug-likeness (QED) is 0.731. The second-order valence-electron chi connectivity index (χ2n) is 4.18. The molecule has 0 amide bonds. The maximum absolute atomic E-state index is 11.9. The van der Waals surface area contributed by atoms with E-state index in [9.17, 15) is 9.59 Å². The number of aryl methyl sites for hydroxylation is 1. The Labute approximate surface area is 112 Å². The highest BCUT2D eigenvalue weighted by Gasteiger charge is 2.13. The van der Waals surface area contributed by atoms with Crippen LogP contribution in [0.4, 0.5) is 0 Å². The van der Waals surface area contributed by atoms with Gasteiger partial charge in [-0.05, 0) is 25.1 Å². The third kappa shape index (κ3) is 2.20.